The third-order valence-corrected chi connectivity index (χ3v) is 7.18. The molecule has 4 fully saturated rings. The van der Waals surface area contributed by atoms with Gasteiger partial charge in [0.1, 0.15) is 0 Å². The van der Waals surface area contributed by atoms with Crippen LogP contribution >= 0.6 is 0 Å². The molecular formula is C20H30BNO3. The highest BCUT2D eigenvalue weighted by atomic mass is 16.7. The van der Waals surface area contributed by atoms with Crippen LogP contribution in [-0.4, -0.2) is 30.9 Å². The van der Waals surface area contributed by atoms with Gasteiger partial charge < -0.3 is 19.8 Å². The number of hydrogen-bond donors (Lipinski definition) is 1. The molecule has 2 bridgehead atoms. The molecule has 25 heavy (non-hydrogen) atoms. The smallest absolute Gasteiger partial charge is 0.404 e. The first-order chi connectivity index (χ1) is 11.8. The Morgan fingerprint density at radius 1 is 1.24 bits per heavy atom. The minimum Gasteiger partial charge on any atom is -0.404 e. The van der Waals surface area contributed by atoms with Crippen molar-refractivity contribution in [2.24, 2.45) is 23.0 Å². The van der Waals surface area contributed by atoms with Gasteiger partial charge in [-0.15, -0.1) is 0 Å². The first-order valence-electron chi connectivity index (χ1n) is 9.56. The van der Waals surface area contributed by atoms with Crippen molar-refractivity contribution in [3.05, 3.63) is 35.9 Å². The zero-order valence-electron chi connectivity index (χ0n) is 15.8. The summed E-state index contributed by atoms with van der Waals surface area (Å²) in [6.07, 6.45) is 2.38. The fraction of sp³-hybridized carbons (Fsp3) is 0.700. The lowest BCUT2D eigenvalue weighted by Crippen LogP contribution is -2.65. The molecule has 0 spiro atoms. The summed E-state index contributed by atoms with van der Waals surface area (Å²) in [7, 11) is -0.379. The van der Waals surface area contributed by atoms with Crippen LogP contribution in [0.2, 0.25) is 0 Å². The van der Waals surface area contributed by atoms with Crippen molar-refractivity contribution in [2.45, 2.75) is 70.9 Å². The molecule has 1 aromatic carbocycles. The largest absolute Gasteiger partial charge is 0.478 e. The van der Waals surface area contributed by atoms with E-state index in [0.717, 1.165) is 17.9 Å². The monoisotopic (exact) mass is 343 g/mol. The van der Waals surface area contributed by atoms with Crippen molar-refractivity contribution in [2.75, 3.05) is 0 Å². The van der Waals surface area contributed by atoms with Crippen LogP contribution in [0.25, 0.3) is 0 Å². The highest BCUT2D eigenvalue weighted by Crippen LogP contribution is 2.65. The van der Waals surface area contributed by atoms with Gasteiger partial charge in [-0.1, -0.05) is 44.2 Å². The number of hydrogen-bond acceptors (Lipinski definition) is 4. The summed E-state index contributed by atoms with van der Waals surface area (Å²) in [5.74, 6) is 1.02. The molecule has 136 valence electrons. The summed E-state index contributed by atoms with van der Waals surface area (Å²) < 4.78 is 18.7. The maximum atomic E-state index is 6.45. The number of nitrogens with two attached hydrogens (primary N) is 1. The molecule has 3 saturated carbocycles. The second-order valence-corrected chi connectivity index (χ2v) is 8.92. The normalized spacial score (nSPS) is 38.0. The summed E-state index contributed by atoms with van der Waals surface area (Å²) in [4.78, 5) is 0. The summed E-state index contributed by atoms with van der Waals surface area (Å²) in [5, 5.41) is 0. The Labute approximate surface area is 151 Å². The van der Waals surface area contributed by atoms with Crippen molar-refractivity contribution in [1.29, 1.82) is 0 Å². The molecule has 5 heteroatoms. The Morgan fingerprint density at radius 2 is 1.96 bits per heavy atom. The standard InChI is InChI=1S/C20H30BNO3/c1-13(23-12-14-8-6-5-7-9-14)18(22)21-24-17-11-15-10-16(19(15,2)3)20(17,4)25-21/h5-9,13,15-18H,10-12,22H2,1-4H3/t13?,15?,16?,17?,18-,20-/m0/s1. The quantitative estimate of drug-likeness (QED) is 0.835. The maximum Gasteiger partial charge on any atom is 0.478 e. The first kappa shape index (κ1) is 17.5. The fourth-order valence-corrected chi connectivity index (χ4v) is 5.20. The average molecular weight is 343 g/mol. The first-order valence-corrected chi connectivity index (χ1v) is 9.56. The van der Waals surface area contributed by atoms with Gasteiger partial charge in [-0.2, -0.15) is 0 Å². The zero-order chi connectivity index (χ0) is 17.8. The van der Waals surface area contributed by atoms with Gasteiger partial charge in [0, 0.05) is 0 Å². The predicted molar refractivity (Wildman–Crippen MR) is 98.8 cm³/mol. The molecule has 1 saturated heterocycles. The Kier molecular flexibility index (Phi) is 4.27. The predicted octanol–water partition coefficient (Wildman–Crippen LogP) is 3.19. The Bertz CT molecular complexity index is 625. The summed E-state index contributed by atoms with van der Waals surface area (Å²) >= 11 is 0. The average Bonchev–Trinajstić information content (AvgIpc) is 2.96. The van der Waals surface area contributed by atoms with E-state index in [1.165, 1.54) is 6.42 Å². The molecule has 5 rings (SSSR count). The molecule has 1 aromatic rings. The molecule has 4 unspecified atom stereocenters. The summed E-state index contributed by atoms with van der Waals surface area (Å²) in [6.45, 7) is 9.53. The second kappa shape index (κ2) is 6.09. The van der Waals surface area contributed by atoms with Gasteiger partial charge in [0.2, 0.25) is 0 Å². The van der Waals surface area contributed by atoms with Crippen LogP contribution in [0.15, 0.2) is 30.3 Å². The summed E-state index contributed by atoms with van der Waals surface area (Å²) in [5.41, 5.74) is 7.74. The molecule has 4 nitrogen and oxygen atoms in total. The van der Waals surface area contributed by atoms with E-state index in [2.05, 4.69) is 32.9 Å². The van der Waals surface area contributed by atoms with Crippen molar-refractivity contribution < 1.29 is 14.0 Å². The number of benzene rings is 1. The highest BCUT2D eigenvalue weighted by Gasteiger charge is 2.68. The molecular weight excluding hydrogens is 313 g/mol. The van der Waals surface area contributed by atoms with Crippen LogP contribution in [0.3, 0.4) is 0 Å². The minimum atomic E-state index is -0.379. The SMILES string of the molecule is CC(OCc1ccccc1)[C@H](N)B1OC2CC3CC(C3(C)C)[C@]2(C)O1. The van der Waals surface area contributed by atoms with Crippen LogP contribution in [0, 0.1) is 17.3 Å². The van der Waals surface area contributed by atoms with Gasteiger partial charge in [-0.3, -0.25) is 0 Å². The van der Waals surface area contributed by atoms with Crippen molar-refractivity contribution in [3.63, 3.8) is 0 Å². The Hall–Kier alpha value is -0.875. The maximum absolute atomic E-state index is 6.45. The number of rotatable bonds is 5. The van der Waals surface area contributed by atoms with Crippen LogP contribution in [0.5, 0.6) is 0 Å². The van der Waals surface area contributed by atoms with Crippen molar-refractivity contribution in [1.82, 2.24) is 0 Å². The highest BCUT2D eigenvalue weighted by molar-refractivity contribution is 6.47. The van der Waals surface area contributed by atoms with E-state index in [9.17, 15) is 0 Å². The Balaban J connectivity index is 1.38. The molecule has 6 atom stereocenters. The molecule has 2 N–H and O–H groups in total. The van der Waals surface area contributed by atoms with E-state index in [1.54, 1.807) is 0 Å². The van der Waals surface area contributed by atoms with Gasteiger partial charge in [0.05, 0.1) is 30.4 Å². The molecule has 0 radical (unpaired) electrons. The lowest BCUT2D eigenvalue weighted by Gasteiger charge is -2.64. The van der Waals surface area contributed by atoms with Gasteiger partial charge in [-0.05, 0) is 49.5 Å². The summed E-state index contributed by atoms with van der Waals surface area (Å²) in [6, 6.07) is 10.2. The van der Waals surface area contributed by atoms with E-state index in [0.29, 0.717) is 17.9 Å². The van der Waals surface area contributed by atoms with Crippen molar-refractivity contribution >= 4 is 7.12 Å². The van der Waals surface area contributed by atoms with Gasteiger partial charge >= 0.3 is 7.12 Å². The molecule has 1 aliphatic heterocycles. The third-order valence-electron chi connectivity index (χ3n) is 7.18. The molecule has 3 aliphatic carbocycles. The van der Waals surface area contributed by atoms with E-state index < -0.39 is 0 Å². The van der Waals surface area contributed by atoms with E-state index >= 15 is 0 Å². The lowest BCUT2D eigenvalue weighted by molar-refractivity contribution is -0.199. The van der Waals surface area contributed by atoms with Crippen LogP contribution < -0.4 is 5.73 Å². The Morgan fingerprint density at radius 3 is 2.64 bits per heavy atom. The second-order valence-electron chi connectivity index (χ2n) is 8.92. The van der Waals surface area contributed by atoms with Crippen LogP contribution in [0.4, 0.5) is 0 Å². The van der Waals surface area contributed by atoms with E-state index in [4.69, 9.17) is 19.8 Å². The lowest BCUT2D eigenvalue weighted by atomic mass is 9.43. The molecule has 0 amide bonds. The fourth-order valence-electron chi connectivity index (χ4n) is 5.20. The van der Waals surface area contributed by atoms with Gasteiger partial charge in [0.15, 0.2) is 0 Å². The van der Waals surface area contributed by atoms with Crippen LogP contribution in [0.1, 0.15) is 46.1 Å². The van der Waals surface area contributed by atoms with Gasteiger partial charge in [0.25, 0.3) is 0 Å². The molecule has 4 aliphatic rings. The topological polar surface area (TPSA) is 53.7 Å². The van der Waals surface area contributed by atoms with E-state index in [1.807, 2.05) is 25.1 Å². The van der Waals surface area contributed by atoms with Crippen LogP contribution in [-0.2, 0) is 20.7 Å². The number of ether oxygens (including phenoxy) is 1. The minimum absolute atomic E-state index is 0.128. The van der Waals surface area contributed by atoms with Gasteiger partial charge in [-0.25, -0.2) is 0 Å². The van der Waals surface area contributed by atoms with Crippen molar-refractivity contribution in [3.8, 4) is 0 Å². The molecule has 1 heterocycles. The third kappa shape index (κ3) is 2.76. The molecule has 0 aromatic heterocycles. The zero-order valence-corrected chi connectivity index (χ0v) is 15.8. The van der Waals surface area contributed by atoms with E-state index in [-0.39, 0.29) is 30.9 Å².